The van der Waals surface area contributed by atoms with Gasteiger partial charge in [-0.15, -0.1) is 0 Å². The molecule has 104 valence electrons. The fourth-order valence-electron chi connectivity index (χ4n) is 2.48. The summed E-state index contributed by atoms with van der Waals surface area (Å²) in [6.07, 6.45) is 1.02. The first-order valence-corrected chi connectivity index (χ1v) is 6.97. The number of benzene rings is 1. The summed E-state index contributed by atoms with van der Waals surface area (Å²) in [5.41, 5.74) is 7.00. The lowest BCUT2D eigenvalue weighted by Crippen LogP contribution is -2.43. The van der Waals surface area contributed by atoms with E-state index in [0.717, 1.165) is 39.1 Å². The molecule has 19 heavy (non-hydrogen) atoms. The second-order valence-corrected chi connectivity index (χ2v) is 5.23. The van der Waals surface area contributed by atoms with E-state index in [0.29, 0.717) is 0 Å². The van der Waals surface area contributed by atoms with Gasteiger partial charge in [-0.25, -0.2) is 0 Å². The average Bonchev–Trinajstić information content (AvgIpc) is 2.64. The van der Waals surface area contributed by atoms with Crippen molar-refractivity contribution in [2.24, 2.45) is 5.73 Å². The van der Waals surface area contributed by atoms with E-state index in [2.05, 4.69) is 29.2 Å². The van der Waals surface area contributed by atoms with Crippen LogP contribution in [0, 0.1) is 0 Å². The number of carbonyl (C=O) groups is 1. The largest absolute Gasteiger partial charge is 0.340 e. The van der Waals surface area contributed by atoms with E-state index in [9.17, 15) is 4.79 Å². The van der Waals surface area contributed by atoms with Crippen molar-refractivity contribution in [3.8, 4) is 0 Å². The highest BCUT2D eigenvalue weighted by atomic mass is 16.2. The predicted octanol–water partition coefficient (Wildman–Crippen LogP) is 1.07. The number of hydrogen-bond donors (Lipinski definition) is 1. The van der Waals surface area contributed by atoms with Crippen molar-refractivity contribution in [3.63, 3.8) is 0 Å². The van der Waals surface area contributed by atoms with Gasteiger partial charge in [-0.05, 0) is 18.9 Å². The van der Waals surface area contributed by atoms with Crippen molar-refractivity contribution in [2.75, 3.05) is 26.2 Å². The first-order chi connectivity index (χ1) is 9.16. The van der Waals surface area contributed by atoms with E-state index in [-0.39, 0.29) is 11.9 Å². The summed E-state index contributed by atoms with van der Waals surface area (Å²) in [6.45, 7) is 6.29. The normalized spacial score (nSPS) is 18.9. The van der Waals surface area contributed by atoms with Gasteiger partial charge in [-0.3, -0.25) is 9.69 Å². The highest BCUT2D eigenvalue weighted by Gasteiger charge is 2.21. The van der Waals surface area contributed by atoms with Gasteiger partial charge in [0.15, 0.2) is 0 Å². The second-order valence-electron chi connectivity index (χ2n) is 5.23. The summed E-state index contributed by atoms with van der Waals surface area (Å²) in [4.78, 5) is 16.2. The van der Waals surface area contributed by atoms with Crippen LogP contribution in [-0.4, -0.2) is 47.9 Å². The third-order valence-corrected chi connectivity index (χ3v) is 3.54. The van der Waals surface area contributed by atoms with Gasteiger partial charge < -0.3 is 10.6 Å². The van der Waals surface area contributed by atoms with Crippen LogP contribution in [-0.2, 0) is 11.3 Å². The molecule has 4 heteroatoms. The van der Waals surface area contributed by atoms with Crippen LogP contribution in [0.25, 0.3) is 0 Å². The zero-order valence-corrected chi connectivity index (χ0v) is 11.6. The quantitative estimate of drug-likeness (QED) is 0.885. The van der Waals surface area contributed by atoms with E-state index in [1.807, 2.05) is 11.0 Å². The Morgan fingerprint density at radius 2 is 1.95 bits per heavy atom. The molecule has 0 aromatic heterocycles. The molecular weight excluding hydrogens is 238 g/mol. The monoisotopic (exact) mass is 261 g/mol. The van der Waals surface area contributed by atoms with Crippen LogP contribution in [0.15, 0.2) is 30.3 Å². The second kappa shape index (κ2) is 6.68. The lowest BCUT2D eigenvalue weighted by molar-refractivity contribution is -0.132. The topological polar surface area (TPSA) is 49.6 Å². The van der Waals surface area contributed by atoms with Crippen molar-refractivity contribution in [1.29, 1.82) is 0 Å². The van der Waals surface area contributed by atoms with Crippen LogP contribution in [0.3, 0.4) is 0 Å². The maximum Gasteiger partial charge on any atom is 0.239 e. The standard InChI is InChI=1S/C15H23N3O/c1-13(16)15(19)18-9-5-8-17(10-11-18)12-14-6-3-2-4-7-14/h2-4,6-7,13H,5,8-12,16H2,1H3/t13-/m1/s1. The van der Waals surface area contributed by atoms with Gasteiger partial charge in [0.05, 0.1) is 6.04 Å². The molecule has 2 rings (SSSR count). The molecule has 0 aliphatic carbocycles. The number of amides is 1. The van der Waals surface area contributed by atoms with E-state index in [1.54, 1.807) is 6.92 Å². The zero-order valence-electron chi connectivity index (χ0n) is 11.6. The van der Waals surface area contributed by atoms with Crippen molar-refractivity contribution >= 4 is 5.91 Å². The SMILES string of the molecule is C[C@@H](N)C(=O)N1CCCN(Cc2ccccc2)CC1. The Morgan fingerprint density at radius 3 is 2.63 bits per heavy atom. The molecule has 1 amide bonds. The smallest absolute Gasteiger partial charge is 0.239 e. The van der Waals surface area contributed by atoms with Crippen LogP contribution in [0.1, 0.15) is 18.9 Å². The molecule has 0 saturated carbocycles. The highest BCUT2D eigenvalue weighted by molar-refractivity contribution is 5.81. The van der Waals surface area contributed by atoms with Gasteiger partial charge in [0, 0.05) is 32.7 Å². The molecule has 0 bridgehead atoms. The molecule has 1 saturated heterocycles. The molecular formula is C15H23N3O. The lowest BCUT2D eigenvalue weighted by Gasteiger charge is -2.23. The maximum atomic E-state index is 11.9. The summed E-state index contributed by atoms with van der Waals surface area (Å²) in [5.74, 6) is 0.0709. The molecule has 4 nitrogen and oxygen atoms in total. The molecule has 0 unspecified atom stereocenters. The molecule has 1 aliphatic heterocycles. The summed E-state index contributed by atoms with van der Waals surface area (Å²) in [6, 6.07) is 10.1. The molecule has 1 atom stereocenters. The average molecular weight is 261 g/mol. The van der Waals surface area contributed by atoms with Crippen LogP contribution in [0.5, 0.6) is 0 Å². The van der Waals surface area contributed by atoms with E-state index >= 15 is 0 Å². The highest BCUT2D eigenvalue weighted by Crippen LogP contribution is 2.09. The molecule has 1 fully saturated rings. The van der Waals surface area contributed by atoms with Crippen molar-refractivity contribution in [1.82, 2.24) is 9.80 Å². The Morgan fingerprint density at radius 1 is 1.21 bits per heavy atom. The van der Waals surface area contributed by atoms with Crippen LogP contribution in [0.4, 0.5) is 0 Å². The maximum absolute atomic E-state index is 11.9. The summed E-state index contributed by atoms with van der Waals surface area (Å²) in [7, 11) is 0. The Labute approximate surface area is 115 Å². The Hall–Kier alpha value is -1.39. The summed E-state index contributed by atoms with van der Waals surface area (Å²) < 4.78 is 0. The third-order valence-electron chi connectivity index (χ3n) is 3.54. The minimum absolute atomic E-state index is 0.0709. The van der Waals surface area contributed by atoms with E-state index in [1.165, 1.54) is 5.56 Å². The van der Waals surface area contributed by atoms with E-state index < -0.39 is 0 Å². The number of nitrogens with two attached hydrogens (primary N) is 1. The summed E-state index contributed by atoms with van der Waals surface area (Å²) in [5, 5.41) is 0. The minimum atomic E-state index is -0.388. The van der Waals surface area contributed by atoms with Gasteiger partial charge in [-0.1, -0.05) is 30.3 Å². The van der Waals surface area contributed by atoms with Gasteiger partial charge in [-0.2, -0.15) is 0 Å². The van der Waals surface area contributed by atoms with E-state index in [4.69, 9.17) is 5.73 Å². The first-order valence-electron chi connectivity index (χ1n) is 6.97. The van der Waals surface area contributed by atoms with Gasteiger partial charge in [0.1, 0.15) is 0 Å². The minimum Gasteiger partial charge on any atom is -0.340 e. The molecule has 1 aliphatic rings. The van der Waals surface area contributed by atoms with Gasteiger partial charge in [0.25, 0.3) is 0 Å². The molecule has 2 N–H and O–H groups in total. The van der Waals surface area contributed by atoms with Crippen molar-refractivity contribution < 1.29 is 4.79 Å². The number of rotatable bonds is 3. The van der Waals surface area contributed by atoms with Gasteiger partial charge >= 0.3 is 0 Å². The van der Waals surface area contributed by atoms with Gasteiger partial charge in [0.2, 0.25) is 5.91 Å². The molecule has 1 heterocycles. The van der Waals surface area contributed by atoms with Crippen LogP contribution in [0.2, 0.25) is 0 Å². The number of nitrogens with zero attached hydrogens (tertiary/aromatic N) is 2. The first kappa shape index (κ1) is 14.0. The van der Waals surface area contributed by atoms with Crippen molar-refractivity contribution in [3.05, 3.63) is 35.9 Å². The predicted molar refractivity (Wildman–Crippen MR) is 76.6 cm³/mol. The number of carbonyl (C=O) groups excluding carboxylic acids is 1. The Kier molecular flexibility index (Phi) is 4.93. The number of hydrogen-bond acceptors (Lipinski definition) is 3. The molecule has 0 radical (unpaired) electrons. The Balaban J connectivity index is 1.88. The summed E-state index contributed by atoms with van der Waals surface area (Å²) >= 11 is 0. The lowest BCUT2D eigenvalue weighted by atomic mass is 10.2. The fourth-order valence-corrected chi connectivity index (χ4v) is 2.48. The molecule has 1 aromatic rings. The molecule has 0 spiro atoms. The van der Waals surface area contributed by atoms with Crippen LogP contribution < -0.4 is 5.73 Å². The molecule has 1 aromatic carbocycles. The zero-order chi connectivity index (χ0) is 13.7. The third kappa shape index (κ3) is 4.04. The van der Waals surface area contributed by atoms with Crippen LogP contribution >= 0.6 is 0 Å². The van der Waals surface area contributed by atoms with Crippen molar-refractivity contribution in [2.45, 2.75) is 25.9 Å². The fraction of sp³-hybridized carbons (Fsp3) is 0.533. The Bertz CT molecular complexity index is 405.